The molecule has 25 heavy (non-hydrogen) atoms. The number of aromatic nitrogens is 1. The Morgan fingerprint density at radius 3 is 2.16 bits per heavy atom. The zero-order valence-corrected chi connectivity index (χ0v) is 14.0. The molecule has 0 bridgehead atoms. The van der Waals surface area contributed by atoms with Crippen LogP contribution in [0, 0.1) is 19.7 Å². The van der Waals surface area contributed by atoms with Crippen molar-refractivity contribution in [3.63, 3.8) is 0 Å². The van der Waals surface area contributed by atoms with Crippen molar-refractivity contribution in [2.24, 2.45) is 5.10 Å². The van der Waals surface area contributed by atoms with E-state index < -0.39 is 0 Å². The summed E-state index contributed by atoms with van der Waals surface area (Å²) in [6.45, 7) is 4.08. The number of halogens is 1. The second kappa shape index (κ2) is 7.13. The van der Waals surface area contributed by atoms with Crippen LogP contribution in [0.2, 0.25) is 0 Å². The van der Waals surface area contributed by atoms with Gasteiger partial charge in [-0.3, -0.25) is 4.79 Å². The van der Waals surface area contributed by atoms with E-state index >= 15 is 0 Å². The van der Waals surface area contributed by atoms with Crippen molar-refractivity contribution >= 4 is 12.1 Å². The van der Waals surface area contributed by atoms with Crippen LogP contribution in [0.25, 0.3) is 5.69 Å². The van der Waals surface area contributed by atoms with Crippen LogP contribution in [-0.2, 0) is 0 Å². The molecule has 0 unspecified atom stereocenters. The molecule has 4 nitrogen and oxygen atoms in total. The molecule has 0 aliphatic heterocycles. The van der Waals surface area contributed by atoms with Gasteiger partial charge in [-0.25, -0.2) is 9.82 Å². The highest BCUT2D eigenvalue weighted by Gasteiger charge is 2.07. The van der Waals surface area contributed by atoms with E-state index in [-0.39, 0.29) is 11.7 Å². The summed E-state index contributed by atoms with van der Waals surface area (Å²) in [5, 5.41) is 3.90. The largest absolute Gasteiger partial charge is 0.319 e. The summed E-state index contributed by atoms with van der Waals surface area (Å²) < 4.78 is 14.9. The van der Waals surface area contributed by atoms with Crippen LogP contribution < -0.4 is 5.43 Å². The zero-order chi connectivity index (χ0) is 17.8. The summed E-state index contributed by atoms with van der Waals surface area (Å²) in [6, 6.07) is 17.3. The number of benzene rings is 2. The number of aryl methyl sites for hydroxylation is 2. The van der Waals surface area contributed by atoms with Crippen molar-refractivity contribution in [2.75, 3.05) is 0 Å². The van der Waals surface area contributed by atoms with Crippen LogP contribution >= 0.6 is 0 Å². The number of rotatable bonds is 4. The Hall–Kier alpha value is -3.21. The minimum atomic E-state index is -0.311. The monoisotopic (exact) mass is 335 g/mol. The predicted octanol–water partition coefficient (Wildman–Crippen LogP) is 4.00. The highest BCUT2D eigenvalue weighted by atomic mass is 19.1. The quantitative estimate of drug-likeness (QED) is 0.568. The van der Waals surface area contributed by atoms with Gasteiger partial charge in [0.2, 0.25) is 0 Å². The van der Waals surface area contributed by atoms with Crippen molar-refractivity contribution in [2.45, 2.75) is 13.8 Å². The minimum absolute atomic E-state index is 0.300. The molecule has 126 valence electrons. The van der Waals surface area contributed by atoms with Gasteiger partial charge >= 0.3 is 0 Å². The molecule has 0 radical (unpaired) electrons. The molecule has 0 spiro atoms. The number of amides is 1. The number of hydrogen-bond donors (Lipinski definition) is 1. The van der Waals surface area contributed by atoms with Gasteiger partial charge in [-0.15, -0.1) is 0 Å². The average Bonchev–Trinajstić information content (AvgIpc) is 2.95. The van der Waals surface area contributed by atoms with Crippen molar-refractivity contribution < 1.29 is 9.18 Å². The van der Waals surface area contributed by atoms with E-state index in [1.165, 1.54) is 18.3 Å². The summed E-state index contributed by atoms with van der Waals surface area (Å²) in [6.07, 6.45) is 1.47. The third-order valence-electron chi connectivity index (χ3n) is 3.91. The zero-order valence-electron chi connectivity index (χ0n) is 14.0. The van der Waals surface area contributed by atoms with Crippen LogP contribution in [0.4, 0.5) is 4.39 Å². The van der Waals surface area contributed by atoms with Gasteiger partial charge in [-0.1, -0.05) is 12.1 Å². The van der Waals surface area contributed by atoms with Crippen LogP contribution in [0.1, 0.15) is 27.3 Å². The lowest BCUT2D eigenvalue weighted by atomic mass is 10.2. The average molecular weight is 335 g/mol. The van der Waals surface area contributed by atoms with E-state index in [1.807, 2.05) is 26.0 Å². The van der Waals surface area contributed by atoms with Crippen molar-refractivity contribution in [1.82, 2.24) is 9.99 Å². The van der Waals surface area contributed by atoms with Gasteiger partial charge in [0.15, 0.2) is 0 Å². The Balaban J connectivity index is 1.68. The lowest BCUT2D eigenvalue weighted by molar-refractivity contribution is 0.0955. The molecule has 0 saturated carbocycles. The minimum Gasteiger partial charge on any atom is -0.319 e. The Morgan fingerprint density at radius 2 is 1.56 bits per heavy atom. The molecule has 0 atom stereocenters. The molecular weight excluding hydrogens is 317 g/mol. The topological polar surface area (TPSA) is 46.4 Å². The molecule has 1 amide bonds. The maximum absolute atomic E-state index is 12.8. The van der Waals surface area contributed by atoms with E-state index in [2.05, 4.69) is 27.2 Å². The summed E-state index contributed by atoms with van der Waals surface area (Å²) in [5.41, 5.74) is 6.97. The summed E-state index contributed by atoms with van der Waals surface area (Å²) in [5.74, 6) is -0.611. The third-order valence-corrected chi connectivity index (χ3v) is 3.91. The summed E-state index contributed by atoms with van der Waals surface area (Å²) in [4.78, 5) is 12.1. The van der Waals surface area contributed by atoms with Gasteiger partial charge in [0.05, 0.1) is 6.21 Å². The first-order chi connectivity index (χ1) is 12.0. The van der Waals surface area contributed by atoms with Gasteiger partial charge in [-0.2, -0.15) is 5.10 Å². The highest BCUT2D eigenvalue weighted by Crippen LogP contribution is 2.16. The molecule has 1 heterocycles. The van der Waals surface area contributed by atoms with Gasteiger partial charge in [-0.05, 0) is 67.9 Å². The lowest BCUT2D eigenvalue weighted by Gasteiger charge is -2.10. The second-order valence-corrected chi connectivity index (χ2v) is 5.75. The molecule has 0 fully saturated rings. The maximum atomic E-state index is 12.8. The molecule has 3 aromatic rings. The van der Waals surface area contributed by atoms with Crippen LogP contribution in [0.5, 0.6) is 0 Å². The first-order valence-electron chi connectivity index (χ1n) is 7.89. The Kier molecular flexibility index (Phi) is 4.75. The number of carbonyl (C=O) groups is 1. The summed E-state index contributed by atoms with van der Waals surface area (Å²) >= 11 is 0. The van der Waals surface area contributed by atoms with E-state index in [1.54, 1.807) is 24.3 Å². The molecule has 3 rings (SSSR count). The van der Waals surface area contributed by atoms with Crippen molar-refractivity contribution in [3.05, 3.63) is 89.0 Å². The Morgan fingerprint density at radius 1 is 0.960 bits per heavy atom. The van der Waals surface area contributed by atoms with E-state index in [0.717, 1.165) is 17.1 Å². The van der Waals surface area contributed by atoms with Gasteiger partial charge < -0.3 is 4.57 Å². The number of hydrogen-bond acceptors (Lipinski definition) is 2. The van der Waals surface area contributed by atoms with Crippen LogP contribution in [-0.4, -0.2) is 16.7 Å². The lowest BCUT2D eigenvalue weighted by Crippen LogP contribution is -2.17. The number of hydrazone groups is 1. The Bertz CT molecular complexity index is 890. The maximum Gasteiger partial charge on any atom is 0.271 e. The normalized spacial score (nSPS) is 11.0. The SMILES string of the molecule is Cc1ccc(C)n1-c1ccc(C(=O)N/N=C\c2ccc(F)cc2)cc1. The highest BCUT2D eigenvalue weighted by molar-refractivity contribution is 5.95. The van der Waals surface area contributed by atoms with Crippen LogP contribution in [0.15, 0.2) is 65.8 Å². The fraction of sp³-hybridized carbons (Fsp3) is 0.100. The first-order valence-corrected chi connectivity index (χ1v) is 7.89. The van der Waals surface area contributed by atoms with E-state index in [9.17, 15) is 9.18 Å². The summed E-state index contributed by atoms with van der Waals surface area (Å²) in [7, 11) is 0. The molecule has 2 aromatic carbocycles. The van der Waals surface area contributed by atoms with Crippen LogP contribution in [0.3, 0.4) is 0 Å². The molecule has 0 saturated heterocycles. The first kappa shape index (κ1) is 16.6. The molecule has 1 aromatic heterocycles. The molecule has 5 heteroatoms. The molecule has 1 N–H and O–H groups in total. The van der Waals surface area contributed by atoms with Crippen molar-refractivity contribution in [1.29, 1.82) is 0 Å². The predicted molar refractivity (Wildman–Crippen MR) is 96.7 cm³/mol. The van der Waals surface area contributed by atoms with E-state index in [4.69, 9.17) is 0 Å². The van der Waals surface area contributed by atoms with Gasteiger partial charge in [0.25, 0.3) is 5.91 Å². The fourth-order valence-corrected chi connectivity index (χ4v) is 2.62. The van der Waals surface area contributed by atoms with Gasteiger partial charge in [0, 0.05) is 22.6 Å². The fourth-order valence-electron chi connectivity index (χ4n) is 2.62. The third kappa shape index (κ3) is 3.83. The van der Waals surface area contributed by atoms with Gasteiger partial charge in [0.1, 0.15) is 5.82 Å². The van der Waals surface area contributed by atoms with E-state index in [0.29, 0.717) is 11.1 Å². The smallest absolute Gasteiger partial charge is 0.271 e. The molecule has 0 aliphatic carbocycles. The number of nitrogens with zero attached hydrogens (tertiary/aromatic N) is 2. The Labute approximate surface area is 145 Å². The number of nitrogens with one attached hydrogen (secondary N) is 1. The number of carbonyl (C=O) groups excluding carboxylic acids is 1. The van der Waals surface area contributed by atoms with Crippen molar-refractivity contribution in [3.8, 4) is 5.69 Å². The molecular formula is C20H18FN3O. The standard InChI is InChI=1S/C20H18FN3O/c1-14-3-4-15(2)24(14)19-11-7-17(8-12-19)20(25)23-22-13-16-5-9-18(21)10-6-16/h3-13H,1-2H3,(H,23,25)/b22-13-. The second-order valence-electron chi connectivity index (χ2n) is 5.75. The molecule has 0 aliphatic rings.